The largest absolute Gasteiger partial charge is 0.478 e. The number of carboxylic acids is 1. The number of halogens is 1. The number of aromatic carboxylic acids is 1. The fourth-order valence-corrected chi connectivity index (χ4v) is 2.18. The number of benzene rings is 1. The van der Waals surface area contributed by atoms with Crippen LogP contribution in [0, 0.1) is 5.82 Å². The summed E-state index contributed by atoms with van der Waals surface area (Å²) in [5, 5.41) is 8.04. The van der Waals surface area contributed by atoms with Crippen molar-refractivity contribution in [3.05, 3.63) is 35.1 Å². The lowest BCUT2D eigenvalue weighted by Crippen LogP contribution is -2.17. The average molecular weight is 260 g/mol. The molecule has 17 heavy (non-hydrogen) atoms. The molecule has 0 atom stereocenters. The third-order valence-electron chi connectivity index (χ3n) is 2.37. The van der Waals surface area contributed by atoms with Gasteiger partial charge in [0, 0.05) is 5.56 Å². The van der Waals surface area contributed by atoms with Crippen LogP contribution in [0.15, 0.2) is 18.2 Å². The van der Waals surface area contributed by atoms with E-state index in [1.807, 2.05) is 0 Å². The summed E-state index contributed by atoms with van der Waals surface area (Å²) in [5.41, 5.74) is -0.211. The maximum absolute atomic E-state index is 13.5. The van der Waals surface area contributed by atoms with Crippen molar-refractivity contribution in [3.8, 4) is 0 Å². The Morgan fingerprint density at radius 1 is 1.41 bits per heavy atom. The van der Waals surface area contributed by atoms with E-state index in [0.717, 1.165) is 6.07 Å². The van der Waals surface area contributed by atoms with Gasteiger partial charge in [-0.3, -0.25) is 0 Å². The lowest BCUT2D eigenvalue weighted by Gasteiger charge is -2.08. The lowest BCUT2D eigenvalue weighted by atomic mass is 10.1. The Balaban J connectivity index is 3.06. The molecule has 0 bridgehead atoms. The summed E-state index contributed by atoms with van der Waals surface area (Å²) in [6.45, 7) is 3.03. The summed E-state index contributed by atoms with van der Waals surface area (Å²) < 4.78 is 36.7. The van der Waals surface area contributed by atoms with Crippen molar-refractivity contribution in [2.75, 3.05) is 0 Å². The molecule has 1 rings (SSSR count). The van der Waals surface area contributed by atoms with Gasteiger partial charge in [-0.2, -0.15) is 0 Å². The van der Waals surface area contributed by atoms with Gasteiger partial charge < -0.3 is 5.11 Å². The first-order valence-corrected chi connectivity index (χ1v) is 6.69. The first-order chi connectivity index (χ1) is 7.74. The van der Waals surface area contributed by atoms with Crippen molar-refractivity contribution in [1.82, 2.24) is 0 Å². The van der Waals surface area contributed by atoms with Crippen LogP contribution in [0.4, 0.5) is 4.39 Å². The standard InChI is InChI=1S/C11H13FO4S/c1-7(2)17(15,16)6-9-4-3-8(11(13)14)5-10(9)12/h3-5,7H,6H2,1-2H3,(H,13,14). The van der Waals surface area contributed by atoms with Crippen LogP contribution >= 0.6 is 0 Å². The normalized spacial score (nSPS) is 11.8. The van der Waals surface area contributed by atoms with E-state index < -0.39 is 32.6 Å². The second kappa shape index (κ2) is 4.83. The molecule has 4 nitrogen and oxygen atoms in total. The van der Waals surface area contributed by atoms with Crippen molar-refractivity contribution in [3.63, 3.8) is 0 Å². The second-order valence-electron chi connectivity index (χ2n) is 3.97. The van der Waals surface area contributed by atoms with Crippen LogP contribution in [0.25, 0.3) is 0 Å². The molecular weight excluding hydrogens is 247 g/mol. The Morgan fingerprint density at radius 3 is 2.41 bits per heavy atom. The molecule has 0 saturated heterocycles. The molecule has 0 spiro atoms. The number of hydrogen-bond acceptors (Lipinski definition) is 3. The Morgan fingerprint density at radius 2 is 2.00 bits per heavy atom. The van der Waals surface area contributed by atoms with E-state index in [2.05, 4.69) is 0 Å². The van der Waals surface area contributed by atoms with Crippen LogP contribution in [0.2, 0.25) is 0 Å². The number of hydrogen-bond donors (Lipinski definition) is 1. The molecule has 6 heteroatoms. The molecule has 0 radical (unpaired) electrons. The molecule has 0 aliphatic heterocycles. The summed E-state index contributed by atoms with van der Waals surface area (Å²) in [5.74, 6) is -2.48. The molecule has 0 amide bonds. The quantitative estimate of drug-likeness (QED) is 0.896. The van der Waals surface area contributed by atoms with Gasteiger partial charge in [0.2, 0.25) is 0 Å². The molecule has 0 aliphatic carbocycles. The summed E-state index contributed by atoms with van der Waals surface area (Å²) in [6.07, 6.45) is 0. The van der Waals surface area contributed by atoms with Crippen LogP contribution in [-0.4, -0.2) is 24.7 Å². The summed E-state index contributed by atoms with van der Waals surface area (Å²) in [4.78, 5) is 10.6. The number of rotatable bonds is 4. The topological polar surface area (TPSA) is 71.4 Å². The van der Waals surface area contributed by atoms with Crippen LogP contribution in [0.3, 0.4) is 0 Å². The monoisotopic (exact) mass is 260 g/mol. The maximum atomic E-state index is 13.5. The molecule has 0 saturated carbocycles. The fourth-order valence-electron chi connectivity index (χ4n) is 1.18. The van der Waals surface area contributed by atoms with E-state index in [1.165, 1.54) is 26.0 Å². The van der Waals surface area contributed by atoms with Crippen molar-refractivity contribution in [1.29, 1.82) is 0 Å². The molecular formula is C11H13FO4S. The minimum Gasteiger partial charge on any atom is -0.478 e. The summed E-state index contributed by atoms with van der Waals surface area (Å²) in [6, 6.07) is 3.21. The van der Waals surface area contributed by atoms with E-state index >= 15 is 0 Å². The second-order valence-corrected chi connectivity index (χ2v) is 6.52. The van der Waals surface area contributed by atoms with E-state index in [-0.39, 0.29) is 11.1 Å². The number of carbonyl (C=O) groups is 1. The van der Waals surface area contributed by atoms with Gasteiger partial charge in [0.25, 0.3) is 0 Å². The third kappa shape index (κ3) is 3.26. The van der Waals surface area contributed by atoms with E-state index in [0.29, 0.717) is 0 Å². The van der Waals surface area contributed by atoms with Crippen LogP contribution in [-0.2, 0) is 15.6 Å². The lowest BCUT2D eigenvalue weighted by molar-refractivity contribution is 0.0696. The SMILES string of the molecule is CC(C)S(=O)(=O)Cc1ccc(C(=O)O)cc1F. The van der Waals surface area contributed by atoms with Gasteiger partial charge in [0.1, 0.15) is 5.82 Å². The third-order valence-corrected chi connectivity index (χ3v) is 4.52. The molecule has 0 unspecified atom stereocenters. The predicted molar refractivity (Wildman–Crippen MR) is 61.1 cm³/mol. The Bertz CT molecular complexity index is 534. The maximum Gasteiger partial charge on any atom is 0.335 e. The zero-order chi connectivity index (χ0) is 13.2. The van der Waals surface area contributed by atoms with Crippen LogP contribution in [0.5, 0.6) is 0 Å². The molecule has 0 aliphatic rings. The highest BCUT2D eigenvalue weighted by molar-refractivity contribution is 7.91. The first kappa shape index (κ1) is 13.6. The zero-order valence-electron chi connectivity index (χ0n) is 9.47. The van der Waals surface area contributed by atoms with Gasteiger partial charge in [-0.25, -0.2) is 17.6 Å². The van der Waals surface area contributed by atoms with Crippen LogP contribution < -0.4 is 0 Å². The molecule has 94 valence electrons. The Kier molecular flexibility index (Phi) is 3.87. The van der Waals surface area contributed by atoms with Crippen molar-refractivity contribution in [2.45, 2.75) is 24.9 Å². The number of sulfone groups is 1. The average Bonchev–Trinajstić information content (AvgIpc) is 2.20. The summed E-state index contributed by atoms with van der Waals surface area (Å²) in [7, 11) is -3.39. The van der Waals surface area contributed by atoms with E-state index in [9.17, 15) is 17.6 Å². The van der Waals surface area contributed by atoms with Gasteiger partial charge in [0.05, 0.1) is 16.6 Å². The van der Waals surface area contributed by atoms with Gasteiger partial charge in [-0.15, -0.1) is 0 Å². The molecule has 1 aromatic rings. The Hall–Kier alpha value is -1.43. The van der Waals surface area contributed by atoms with Crippen LogP contribution in [0.1, 0.15) is 29.8 Å². The van der Waals surface area contributed by atoms with E-state index in [1.54, 1.807) is 0 Å². The molecule has 0 fully saturated rings. The summed E-state index contributed by atoms with van der Waals surface area (Å²) >= 11 is 0. The highest BCUT2D eigenvalue weighted by atomic mass is 32.2. The molecule has 1 aromatic carbocycles. The van der Waals surface area contributed by atoms with Gasteiger partial charge in [-0.05, 0) is 26.0 Å². The van der Waals surface area contributed by atoms with E-state index in [4.69, 9.17) is 5.11 Å². The molecule has 1 N–H and O–H groups in total. The molecule has 0 heterocycles. The van der Waals surface area contributed by atoms with Crippen molar-refractivity contribution < 1.29 is 22.7 Å². The predicted octanol–water partition coefficient (Wildman–Crippen LogP) is 1.85. The zero-order valence-corrected chi connectivity index (χ0v) is 10.3. The fraction of sp³-hybridized carbons (Fsp3) is 0.364. The highest BCUT2D eigenvalue weighted by Crippen LogP contribution is 2.16. The Labute approximate surface area is 99.0 Å². The number of carboxylic acid groups (broad SMARTS) is 1. The minimum absolute atomic E-state index is 0.0105. The smallest absolute Gasteiger partial charge is 0.335 e. The highest BCUT2D eigenvalue weighted by Gasteiger charge is 2.19. The van der Waals surface area contributed by atoms with Gasteiger partial charge >= 0.3 is 5.97 Å². The first-order valence-electron chi connectivity index (χ1n) is 4.97. The van der Waals surface area contributed by atoms with Crippen molar-refractivity contribution in [2.24, 2.45) is 0 Å². The van der Waals surface area contributed by atoms with Gasteiger partial charge in [0.15, 0.2) is 9.84 Å². The van der Waals surface area contributed by atoms with Gasteiger partial charge in [-0.1, -0.05) is 6.07 Å². The minimum atomic E-state index is -3.39. The van der Waals surface area contributed by atoms with Crippen molar-refractivity contribution >= 4 is 15.8 Å². The molecule has 0 aromatic heterocycles.